The van der Waals surface area contributed by atoms with Crippen molar-refractivity contribution in [2.24, 2.45) is 7.05 Å². The predicted octanol–water partition coefficient (Wildman–Crippen LogP) is 2.20. The van der Waals surface area contributed by atoms with E-state index in [1.807, 2.05) is 30.8 Å². The van der Waals surface area contributed by atoms with E-state index >= 15 is 0 Å². The highest BCUT2D eigenvalue weighted by molar-refractivity contribution is 7.92. The summed E-state index contributed by atoms with van der Waals surface area (Å²) in [4.78, 5) is 11.1. The summed E-state index contributed by atoms with van der Waals surface area (Å²) in [5.74, 6) is -1.22. The first-order chi connectivity index (χ1) is 10.3. The van der Waals surface area contributed by atoms with Gasteiger partial charge in [-0.05, 0) is 30.7 Å². The van der Waals surface area contributed by atoms with Crippen LogP contribution in [0.25, 0.3) is 10.9 Å². The molecule has 1 aromatic carbocycles. The first-order valence-electron chi connectivity index (χ1n) is 7.12. The minimum atomic E-state index is -3.65. The average Bonchev–Trinajstić information content (AvgIpc) is 2.83. The maximum absolute atomic E-state index is 12.4. The number of sulfonamides is 1. The third-order valence-electron chi connectivity index (χ3n) is 3.53. The SMILES string of the molecule is CCCCS(=O)(=O)N(CC(=O)O)c1ccc2c(ccn2C)c1. The van der Waals surface area contributed by atoms with Crippen LogP contribution in [0.2, 0.25) is 0 Å². The van der Waals surface area contributed by atoms with E-state index in [2.05, 4.69) is 0 Å². The number of benzene rings is 1. The van der Waals surface area contributed by atoms with Gasteiger partial charge < -0.3 is 9.67 Å². The number of aryl methyl sites for hydroxylation is 1. The zero-order valence-electron chi connectivity index (χ0n) is 12.7. The van der Waals surface area contributed by atoms with Crippen LogP contribution < -0.4 is 4.31 Å². The van der Waals surface area contributed by atoms with Crippen molar-refractivity contribution in [2.45, 2.75) is 19.8 Å². The smallest absolute Gasteiger partial charge is 0.324 e. The van der Waals surface area contributed by atoms with Gasteiger partial charge in [0.25, 0.3) is 0 Å². The van der Waals surface area contributed by atoms with Crippen molar-refractivity contribution >= 4 is 32.6 Å². The summed E-state index contributed by atoms with van der Waals surface area (Å²) >= 11 is 0. The minimum Gasteiger partial charge on any atom is -0.480 e. The Hall–Kier alpha value is -2.02. The standard InChI is InChI=1S/C15H20N2O4S/c1-3-4-9-22(20,21)17(11-15(18)19)13-5-6-14-12(10-13)7-8-16(14)2/h5-8,10H,3-4,9,11H2,1-2H3,(H,18,19). The van der Waals surface area contributed by atoms with Gasteiger partial charge in [0, 0.05) is 24.1 Å². The lowest BCUT2D eigenvalue weighted by atomic mass is 10.2. The number of carboxylic acid groups (broad SMARTS) is 1. The fraction of sp³-hybridized carbons (Fsp3) is 0.400. The molecule has 0 aliphatic carbocycles. The Morgan fingerprint density at radius 2 is 2.05 bits per heavy atom. The second-order valence-electron chi connectivity index (χ2n) is 5.24. The molecule has 0 amide bonds. The van der Waals surface area contributed by atoms with Crippen LogP contribution in [0.3, 0.4) is 0 Å². The number of carboxylic acids is 1. The first-order valence-corrected chi connectivity index (χ1v) is 8.73. The largest absolute Gasteiger partial charge is 0.480 e. The van der Waals surface area contributed by atoms with Gasteiger partial charge in [0.2, 0.25) is 10.0 Å². The molecular formula is C15H20N2O4S. The molecule has 7 heteroatoms. The van der Waals surface area contributed by atoms with E-state index in [9.17, 15) is 13.2 Å². The highest BCUT2D eigenvalue weighted by Gasteiger charge is 2.24. The van der Waals surface area contributed by atoms with Gasteiger partial charge in [-0.25, -0.2) is 8.42 Å². The van der Waals surface area contributed by atoms with Gasteiger partial charge in [0.15, 0.2) is 0 Å². The van der Waals surface area contributed by atoms with Crippen molar-refractivity contribution in [1.82, 2.24) is 4.57 Å². The molecule has 1 aromatic heterocycles. The molecule has 0 radical (unpaired) electrons. The van der Waals surface area contributed by atoms with Crippen molar-refractivity contribution in [2.75, 3.05) is 16.6 Å². The summed E-state index contributed by atoms with van der Waals surface area (Å²) < 4.78 is 27.8. The van der Waals surface area contributed by atoms with Crippen LogP contribution in [0.5, 0.6) is 0 Å². The van der Waals surface area contributed by atoms with E-state index in [0.717, 1.165) is 21.6 Å². The quantitative estimate of drug-likeness (QED) is 0.847. The number of aliphatic carboxylic acids is 1. The Kier molecular flexibility index (Phi) is 4.75. The molecule has 0 unspecified atom stereocenters. The van der Waals surface area contributed by atoms with E-state index < -0.39 is 22.5 Å². The molecule has 0 aliphatic heterocycles. The van der Waals surface area contributed by atoms with Crippen molar-refractivity contribution in [3.8, 4) is 0 Å². The second-order valence-corrected chi connectivity index (χ2v) is 7.25. The Balaban J connectivity index is 2.44. The van der Waals surface area contributed by atoms with Crippen LogP contribution in [-0.2, 0) is 21.9 Å². The van der Waals surface area contributed by atoms with Crippen molar-refractivity contribution < 1.29 is 18.3 Å². The molecule has 0 spiro atoms. The molecule has 2 aromatic rings. The lowest BCUT2D eigenvalue weighted by Gasteiger charge is -2.22. The van der Waals surface area contributed by atoms with Crippen LogP contribution in [0, 0.1) is 0 Å². The fourth-order valence-corrected chi connectivity index (χ4v) is 3.95. The molecule has 22 heavy (non-hydrogen) atoms. The van der Waals surface area contributed by atoms with Crippen LogP contribution in [0.1, 0.15) is 19.8 Å². The molecule has 0 saturated carbocycles. The molecule has 1 heterocycles. The molecule has 2 rings (SSSR count). The Bertz CT molecular complexity index is 780. The molecule has 0 atom stereocenters. The number of rotatable bonds is 7. The Morgan fingerprint density at radius 3 is 2.68 bits per heavy atom. The average molecular weight is 324 g/mol. The maximum Gasteiger partial charge on any atom is 0.324 e. The summed E-state index contributed by atoms with van der Waals surface area (Å²) in [7, 11) is -1.75. The Labute approximate surface area is 130 Å². The number of hydrogen-bond acceptors (Lipinski definition) is 3. The van der Waals surface area contributed by atoms with Crippen molar-refractivity contribution in [1.29, 1.82) is 0 Å². The molecule has 0 bridgehead atoms. The fourth-order valence-electron chi connectivity index (χ4n) is 2.33. The van der Waals surface area contributed by atoms with Crippen LogP contribution in [-0.4, -0.2) is 36.4 Å². The molecule has 0 saturated heterocycles. The van der Waals surface area contributed by atoms with Crippen LogP contribution in [0.15, 0.2) is 30.5 Å². The van der Waals surface area contributed by atoms with Gasteiger partial charge in [-0.2, -0.15) is 0 Å². The topological polar surface area (TPSA) is 79.6 Å². The molecule has 1 N–H and O–H groups in total. The van der Waals surface area contributed by atoms with Gasteiger partial charge in [-0.3, -0.25) is 9.10 Å². The highest BCUT2D eigenvalue weighted by atomic mass is 32.2. The van der Waals surface area contributed by atoms with Crippen molar-refractivity contribution in [3.05, 3.63) is 30.5 Å². The zero-order valence-corrected chi connectivity index (χ0v) is 13.5. The zero-order chi connectivity index (χ0) is 16.3. The lowest BCUT2D eigenvalue weighted by Crippen LogP contribution is -2.37. The van der Waals surface area contributed by atoms with Gasteiger partial charge in [-0.1, -0.05) is 13.3 Å². The number of aromatic nitrogens is 1. The maximum atomic E-state index is 12.4. The van der Waals surface area contributed by atoms with Gasteiger partial charge in [-0.15, -0.1) is 0 Å². The molecule has 120 valence electrons. The summed E-state index contributed by atoms with van der Waals surface area (Å²) in [6.45, 7) is 1.33. The number of fused-ring (bicyclic) bond motifs is 1. The third kappa shape index (κ3) is 3.41. The summed E-state index contributed by atoms with van der Waals surface area (Å²) in [6.07, 6.45) is 3.12. The summed E-state index contributed by atoms with van der Waals surface area (Å²) in [5, 5.41) is 9.92. The molecular weight excluding hydrogens is 304 g/mol. The molecule has 0 aliphatic rings. The van der Waals surface area contributed by atoms with Crippen molar-refractivity contribution in [3.63, 3.8) is 0 Å². The third-order valence-corrected chi connectivity index (χ3v) is 5.34. The highest BCUT2D eigenvalue weighted by Crippen LogP contribution is 2.25. The lowest BCUT2D eigenvalue weighted by molar-refractivity contribution is -0.135. The summed E-state index contributed by atoms with van der Waals surface area (Å²) in [5.41, 5.74) is 1.35. The van der Waals surface area contributed by atoms with Crippen LogP contribution in [0.4, 0.5) is 5.69 Å². The summed E-state index contributed by atoms with van der Waals surface area (Å²) in [6, 6.07) is 7.03. The number of anilines is 1. The van der Waals surface area contributed by atoms with E-state index in [1.165, 1.54) is 0 Å². The van der Waals surface area contributed by atoms with E-state index in [1.54, 1.807) is 18.2 Å². The van der Waals surface area contributed by atoms with E-state index in [4.69, 9.17) is 5.11 Å². The van der Waals surface area contributed by atoms with Gasteiger partial charge in [0.05, 0.1) is 11.4 Å². The monoisotopic (exact) mass is 324 g/mol. The number of carbonyl (C=O) groups is 1. The number of unbranched alkanes of at least 4 members (excludes halogenated alkanes) is 1. The van der Waals surface area contributed by atoms with E-state index in [0.29, 0.717) is 12.1 Å². The number of hydrogen-bond donors (Lipinski definition) is 1. The van der Waals surface area contributed by atoms with Gasteiger partial charge in [0.1, 0.15) is 6.54 Å². The number of nitrogens with zero attached hydrogens (tertiary/aromatic N) is 2. The predicted molar refractivity (Wildman–Crippen MR) is 86.6 cm³/mol. The molecule has 6 nitrogen and oxygen atoms in total. The van der Waals surface area contributed by atoms with Crippen LogP contribution >= 0.6 is 0 Å². The normalized spacial score (nSPS) is 11.7. The van der Waals surface area contributed by atoms with Gasteiger partial charge >= 0.3 is 5.97 Å². The Morgan fingerprint density at radius 1 is 1.32 bits per heavy atom. The molecule has 0 fully saturated rings. The second kappa shape index (κ2) is 6.39. The minimum absolute atomic E-state index is 0.0520. The first kappa shape index (κ1) is 16.4. The van der Waals surface area contributed by atoms with E-state index in [-0.39, 0.29) is 5.75 Å².